The highest BCUT2D eigenvalue weighted by molar-refractivity contribution is 6.07. The standard InChI is InChI=1S/C23H22N6O7/c1-12(2)14-10-21(30)26-23(24-14)28-20(9-15(27-28)17-6-5-7-36-17)25-22(31)13-8-18(34-3)19(35-4)11-16(13)29(32)33/h5-12H,1-4H3,(H,25,31)(H,24,26,30). The first-order chi connectivity index (χ1) is 17.2. The fraction of sp³-hybridized carbons (Fsp3) is 0.217. The number of aromatic amines is 1. The van der Waals surface area contributed by atoms with Crippen LogP contribution in [0, 0.1) is 10.1 Å². The zero-order chi connectivity index (χ0) is 26.0. The summed E-state index contributed by atoms with van der Waals surface area (Å²) in [6, 6.07) is 8.50. The van der Waals surface area contributed by atoms with Crippen LogP contribution < -0.4 is 20.3 Å². The average Bonchev–Trinajstić information content (AvgIpc) is 3.53. The number of methoxy groups -OCH3 is 2. The summed E-state index contributed by atoms with van der Waals surface area (Å²) < 4.78 is 16.9. The van der Waals surface area contributed by atoms with Crippen molar-refractivity contribution in [2.45, 2.75) is 19.8 Å². The summed E-state index contributed by atoms with van der Waals surface area (Å²) in [4.78, 5) is 43.6. The number of hydrogen-bond donors (Lipinski definition) is 2. The Balaban J connectivity index is 1.83. The number of benzene rings is 1. The molecule has 0 spiro atoms. The molecule has 36 heavy (non-hydrogen) atoms. The van der Waals surface area contributed by atoms with Gasteiger partial charge in [0.1, 0.15) is 17.1 Å². The maximum Gasteiger partial charge on any atom is 0.286 e. The van der Waals surface area contributed by atoms with Gasteiger partial charge in [-0.15, -0.1) is 0 Å². The lowest BCUT2D eigenvalue weighted by atomic mass is 10.1. The van der Waals surface area contributed by atoms with Crippen molar-refractivity contribution in [2.75, 3.05) is 19.5 Å². The van der Waals surface area contributed by atoms with Crippen molar-refractivity contribution in [3.05, 3.63) is 74.4 Å². The fourth-order valence-electron chi connectivity index (χ4n) is 3.42. The molecule has 0 aliphatic carbocycles. The number of aromatic nitrogens is 4. The largest absolute Gasteiger partial charge is 0.493 e. The van der Waals surface area contributed by atoms with Gasteiger partial charge in [-0.1, -0.05) is 13.8 Å². The Bertz CT molecular complexity index is 1490. The topological polar surface area (TPSA) is 167 Å². The Kier molecular flexibility index (Phi) is 6.54. The molecule has 186 valence electrons. The number of ether oxygens (including phenoxy) is 2. The van der Waals surface area contributed by atoms with Gasteiger partial charge in [0.2, 0.25) is 5.95 Å². The second-order valence-corrected chi connectivity index (χ2v) is 7.89. The molecule has 13 nitrogen and oxygen atoms in total. The lowest BCUT2D eigenvalue weighted by Crippen LogP contribution is -2.20. The van der Waals surface area contributed by atoms with Gasteiger partial charge >= 0.3 is 0 Å². The molecule has 3 heterocycles. The Hall–Kier alpha value is -4.94. The van der Waals surface area contributed by atoms with Gasteiger partial charge in [-0.3, -0.25) is 24.7 Å². The van der Waals surface area contributed by atoms with E-state index in [1.165, 1.54) is 43.4 Å². The van der Waals surface area contributed by atoms with Crippen LogP contribution in [-0.2, 0) is 0 Å². The number of anilines is 1. The van der Waals surface area contributed by atoms with Crippen molar-refractivity contribution in [1.82, 2.24) is 19.7 Å². The first-order valence-corrected chi connectivity index (χ1v) is 10.7. The number of hydrogen-bond acceptors (Lipinski definition) is 9. The number of nitrogens with one attached hydrogen (secondary N) is 2. The Morgan fingerprint density at radius 2 is 1.92 bits per heavy atom. The zero-order valence-electron chi connectivity index (χ0n) is 19.8. The molecule has 0 aliphatic rings. The minimum Gasteiger partial charge on any atom is -0.493 e. The molecule has 4 aromatic rings. The van der Waals surface area contributed by atoms with E-state index in [1.807, 2.05) is 13.8 Å². The van der Waals surface area contributed by atoms with Gasteiger partial charge in [-0.2, -0.15) is 9.78 Å². The number of carbonyl (C=O) groups excluding carboxylic acids is 1. The van der Waals surface area contributed by atoms with E-state index in [1.54, 1.807) is 12.1 Å². The van der Waals surface area contributed by atoms with E-state index in [0.29, 0.717) is 17.1 Å². The lowest BCUT2D eigenvalue weighted by Gasteiger charge is -2.12. The molecule has 0 radical (unpaired) electrons. The number of nitro groups is 1. The number of nitrogens with zero attached hydrogens (tertiary/aromatic N) is 4. The molecule has 0 fully saturated rings. The van der Waals surface area contributed by atoms with Crippen LogP contribution in [-0.4, -0.2) is 44.8 Å². The van der Waals surface area contributed by atoms with Crippen LogP contribution in [0.5, 0.6) is 11.5 Å². The van der Waals surface area contributed by atoms with Crippen LogP contribution in [0.3, 0.4) is 0 Å². The SMILES string of the molecule is COc1cc(C(=O)Nc2cc(-c3ccco3)nn2-c2nc(C(C)C)cc(=O)[nH]2)c([N+](=O)[O-])cc1OC. The van der Waals surface area contributed by atoms with Crippen molar-refractivity contribution in [3.63, 3.8) is 0 Å². The van der Waals surface area contributed by atoms with E-state index < -0.39 is 22.1 Å². The van der Waals surface area contributed by atoms with Crippen molar-refractivity contribution < 1.29 is 23.6 Å². The number of amides is 1. The molecular formula is C23H22N6O7. The molecule has 0 atom stereocenters. The Labute approximate surface area is 203 Å². The summed E-state index contributed by atoms with van der Waals surface area (Å²) in [5, 5.41) is 18.7. The first kappa shape index (κ1) is 24.2. The predicted molar refractivity (Wildman–Crippen MR) is 128 cm³/mol. The normalized spacial score (nSPS) is 10.9. The van der Waals surface area contributed by atoms with E-state index in [-0.39, 0.29) is 34.7 Å². The van der Waals surface area contributed by atoms with Crippen molar-refractivity contribution in [2.24, 2.45) is 0 Å². The highest BCUT2D eigenvalue weighted by Gasteiger charge is 2.26. The molecule has 0 bridgehead atoms. The third kappa shape index (κ3) is 4.66. The van der Waals surface area contributed by atoms with Gasteiger partial charge in [0, 0.05) is 18.2 Å². The summed E-state index contributed by atoms with van der Waals surface area (Å²) in [5.74, 6) is -0.132. The molecule has 2 N–H and O–H groups in total. The molecule has 0 unspecified atom stereocenters. The van der Waals surface area contributed by atoms with E-state index in [0.717, 1.165) is 6.07 Å². The molecule has 0 saturated carbocycles. The van der Waals surface area contributed by atoms with Crippen molar-refractivity contribution >= 4 is 17.4 Å². The molecule has 0 saturated heterocycles. The fourth-order valence-corrected chi connectivity index (χ4v) is 3.42. The van der Waals surface area contributed by atoms with Crippen LogP contribution in [0.4, 0.5) is 11.5 Å². The molecule has 4 rings (SSSR count). The number of furan rings is 1. The van der Waals surface area contributed by atoms with Crippen LogP contribution in [0.2, 0.25) is 0 Å². The minimum absolute atomic E-state index is 0.0427. The minimum atomic E-state index is -0.822. The van der Waals surface area contributed by atoms with E-state index in [9.17, 15) is 19.7 Å². The summed E-state index contributed by atoms with van der Waals surface area (Å²) in [6.45, 7) is 3.75. The third-order valence-electron chi connectivity index (χ3n) is 5.21. The average molecular weight is 494 g/mol. The second kappa shape index (κ2) is 9.74. The molecule has 0 aliphatic heterocycles. The number of nitro benzene ring substituents is 1. The van der Waals surface area contributed by atoms with Gasteiger partial charge in [0.05, 0.1) is 37.2 Å². The third-order valence-corrected chi connectivity index (χ3v) is 5.21. The number of carbonyl (C=O) groups is 1. The second-order valence-electron chi connectivity index (χ2n) is 7.89. The van der Waals surface area contributed by atoms with Gasteiger partial charge in [0.25, 0.3) is 17.2 Å². The van der Waals surface area contributed by atoms with Crippen LogP contribution in [0.25, 0.3) is 17.4 Å². The molecule has 3 aromatic heterocycles. The summed E-state index contributed by atoms with van der Waals surface area (Å²) in [5.41, 5.74) is -0.337. The van der Waals surface area contributed by atoms with Crippen molar-refractivity contribution in [3.8, 4) is 28.9 Å². The van der Waals surface area contributed by atoms with Crippen LogP contribution in [0.1, 0.15) is 35.8 Å². The zero-order valence-corrected chi connectivity index (χ0v) is 19.8. The van der Waals surface area contributed by atoms with E-state index in [4.69, 9.17) is 13.9 Å². The van der Waals surface area contributed by atoms with E-state index >= 15 is 0 Å². The Morgan fingerprint density at radius 3 is 2.53 bits per heavy atom. The highest BCUT2D eigenvalue weighted by atomic mass is 16.6. The van der Waals surface area contributed by atoms with Crippen LogP contribution >= 0.6 is 0 Å². The molecule has 13 heteroatoms. The molecule has 1 aromatic carbocycles. The maximum atomic E-state index is 13.3. The first-order valence-electron chi connectivity index (χ1n) is 10.7. The van der Waals surface area contributed by atoms with Gasteiger partial charge in [-0.25, -0.2) is 4.98 Å². The monoisotopic (exact) mass is 494 g/mol. The smallest absolute Gasteiger partial charge is 0.286 e. The number of H-pyrrole nitrogens is 1. The van der Waals surface area contributed by atoms with Gasteiger partial charge in [-0.05, 0) is 18.1 Å². The van der Waals surface area contributed by atoms with Gasteiger partial charge in [0.15, 0.2) is 17.3 Å². The quantitative estimate of drug-likeness (QED) is 0.275. The summed E-state index contributed by atoms with van der Waals surface area (Å²) in [7, 11) is 2.68. The molecular weight excluding hydrogens is 472 g/mol. The number of rotatable bonds is 8. The molecule has 1 amide bonds. The van der Waals surface area contributed by atoms with Gasteiger partial charge < -0.3 is 19.2 Å². The van der Waals surface area contributed by atoms with Crippen molar-refractivity contribution in [1.29, 1.82) is 0 Å². The lowest BCUT2D eigenvalue weighted by molar-refractivity contribution is -0.385. The maximum absolute atomic E-state index is 13.3. The summed E-state index contributed by atoms with van der Waals surface area (Å²) >= 11 is 0. The Morgan fingerprint density at radius 1 is 1.19 bits per heavy atom. The predicted octanol–water partition coefficient (Wildman–Crippen LogP) is 3.52. The summed E-state index contributed by atoms with van der Waals surface area (Å²) in [6.07, 6.45) is 1.46. The van der Waals surface area contributed by atoms with E-state index in [2.05, 4.69) is 20.4 Å². The highest BCUT2D eigenvalue weighted by Crippen LogP contribution is 2.35. The van der Waals surface area contributed by atoms with Crippen LogP contribution in [0.15, 0.2) is 51.9 Å².